The Hall–Kier alpha value is -1.84. The molecule has 2 atom stereocenters. The minimum atomic E-state index is 0.162. The smallest absolute Gasteiger partial charge is 0.224 e. The van der Waals surface area contributed by atoms with Gasteiger partial charge in [0.05, 0.1) is 6.42 Å². The maximum atomic E-state index is 12.6. The van der Waals surface area contributed by atoms with E-state index in [4.69, 9.17) is 11.6 Å². The van der Waals surface area contributed by atoms with Crippen molar-refractivity contribution in [2.45, 2.75) is 64.0 Å². The van der Waals surface area contributed by atoms with E-state index in [1.165, 1.54) is 36.8 Å². The summed E-state index contributed by atoms with van der Waals surface area (Å²) in [6, 6.07) is 17.4. The summed E-state index contributed by atoms with van der Waals surface area (Å²) in [5.74, 6) is 0.910. The fraction of sp³-hybridized carbons (Fsp3) is 0.500. The van der Waals surface area contributed by atoms with Crippen LogP contribution in [0.2, 0.25) is 5.02 Å². The van der Waals surface area contributed by atoms with Crippen LogP contribution in [0.15, 0.2) is 48.5 Å². The van der Waals surface area contributed by atoms with Gasteiger partial charge in [-0.15, -0.1) is 0 Å². The number of aryl methyl sites for hydroxylation is 1. The Labute approximate surface area is 185 Å². The highest BCUT2D eigenvalue weighted by Crippen LogP contribution is 2.30. The van der Waals surface area contributed by atoms with Crippen molar-refractivity contribution in [3.63, 3.8) is 0 Å². The third-order valence-electron chi connectivity index (χ3n) is 6.83. The van der Waals surface area contributed by atoms with E-state index in [1.54, 1.807) is 0 Å². The average molecular weight is 425 g/mol. The monoisotopic (exact) mass is 424 g/mol. The molecular weight excluding hydrogens is 392 g/mol. The normalized spacial score (nSPS) is 22.9. The van der Waals surface area contributed by atoms with E-state index in [9.17, 15) is 4.79 Å². The number of amides is 1. The molecule has 1 amide bonds. The summed E-state index contributed by atoms with van der Waals surface area (Å²) in [7, 11) is 0. The van der Waals surface area contributed by atoms with Crippen molar-refractivity contribution < 1.29 is 4.79 Å². The summed E-state index contributed by atoms with van der Waals surface area (Å²) >= 11 is 6.01. The summed E-state index contributed by atoms with van der Waals surface area (Å²) in [6.07, 6.45) is 7.63. The van der Waals surface area contributed by atoms with Crippen LogP contribution in [-0.2, 0) is 17.6 Å². The lowest BCUT2D eigenvalue weighted by Gasteiger charge is -2.38. The molecule has 1 heterocycles. The fourth-order valence-corrected chi connectivity index (χ4v) is 5.38. The lowest BCUT2D eigenvalue weighted by atomic mass is 9.89. The molecule has 1 aliphatic heterocycles. The summed E-state index contributed by atoms with van der Waals surface area (Å²) in [4.78, 5) is 15.3. The predicted octanol–water partition coefficient (Wildman–Crippen LogP) is 5.18. The van der Waals surface area contributed by atoms with Crippen molar-refractivity contribution in [1.29, 1.82) is 0 Å². The molecule has 1 saturated carbocycles. The van der Waals surface area contributed by atoms with E-state index in [-0.39, 0.29) is 5.91 Å². The molecule has 0 bridgehead atoms. The second kappa shape index (κ2) is 9.98. The first-order chi connectivity index (χ1) is 14.6. The molecule has 3 nitrogen and oxygen atoms in total. The lowest BCUT2D eigenvalue weighted by Crippen LogP contribution is -2.51. The second-order valence-corrected chi connectivity index (χ2v) is 9.58. The Bertz CT molecular complexity index is 842. The molecule has 2 aliphatic rings. The zero-order chi connectivity index (χ0) is 20.9. The molecular formula is C26H33ClN2O. The number of likely N-dealkylation sites (tertiary alicyclic amines) is 1. The first kappa shape index (κ1) is 21.4. The second-order valence-electron chi connectivity index (χ2n) is 9.15. The highest BCUT2D eigenvalue weighted by atomic mass is 35.5. The standard InChI is InChI=1S/C26H33ClN2O/c1-19-4-2-5-22(16-19)18-26(30)28-24-6-3-7-25(24)29-14-12-21(13-15-29)17-20-8-10-23(27)11-9-20/h2,4-5,8-11,16,21,24-25H,3,6-7,12-15,17-18H2,1H3,(H,28,30). The number of benzene rings is 2. The molecule has 4 heteroatoms. The van der Waals surface area contributed by atoms with Crippen LogP contribution >= 0.6 is 11.6 Å². The van der Waals surface area contributed by atoms with Crippen LogP contribution in [0.1, 0.15) is 48.8 Å². The van der Waals surface area contributed by atoms with E-state index in [2.05, 4.69) is 41.4 Å². The third kappa shape index (κ3) is 5.65. The summed E-state index contributed by atoms with van der Waals surface area (Å²) in [5, 5.41) is 4.17. The Morgan fingerprint density at radius 1 is 1.03 bits per heavy atom. The van der Waals surface area contributed by atoms with E-state index >= 15 is 0 Å². The molecule has 1 saturated heterocycles. The first-order valence-electron chi connectivity index (χ1n) is 11.4. The molecule has 0 aromatic heterocycles. The molecule has 2 unspecified atom stereocenters. The van der Waals surface area contributed by atoms with E-state index < -0.39 is 0 Å². The van der Waals surface area contributed by atoms with Crippen LogP contribution in [0.5, 0.6) is 0 Å². The van der Waals surface area contributed by atoms with Crippen molar-refractivity contribution in [3.05, 3.63) is 70.2 Å². The lowest BCUT2D eigenvalue weighted by molar-refractivity contribution is -0.121. The van der Waals surface area contributed by atoms with Gasteiger partial charge in [0, 0.05) is 17.1 Å². The summed E-state index contributed by atoms with van der Waals surface area (Å²) in [5.41, 5.74) is 3.70. The number of halogens is 1. The quantitative estimate of drug-likeness (QED) is 0.692. The first-order valence-corrected chi connectivity index (χ1v) is 11.8. The third-order valence-corrected chi connectivity index (χ3v) is 7.08. The Kier molecular flexibility index (Phi) is 7.12. The molecule has 1 aliphatic carbocycles. The maximum absolute atomic E-state index is 12.6. The molecule has 0 radical (unpaired) electrons. The molecule has 0 spiro atoms. The topological polar surface area (TPSA) is 32.3 Å². The van der Waals surface area contributed by atoms with Gasteiger partial charge in [0.2, 0.25) is 5.91 Å². The molecule has 1 N–H and O–H groups in total. The van der Waals surface area contributed by atoms with Gasteiger partial charge < -0.3 is 5.32 Å². The Morgan fingerprint density at radius 2 is 1.80 bits per heavy atom. The van der Waals surface area contributed by atoms with Crippen molar-refractivity contribution in [1.82, 2.24) is 10.2 Å². The number of nitrogens with zero attached hydrogens (tertiary/aromatic N) is 1. The van der Waals surface area contributed by atoms with Gasteiger partial charge in [-0.25, -0.2) is 0 Å². The minimum Gasteiger partial charge on any atom is -0.352 e. The van der Waals surface area contributed by atoms with Gasteiger partial charge in [0.15, 0.2) is 0 Å². The fourth-order valence-electron chi connectivity index (χ4n) is 5.25. The number of nitrogens with one attached hydrogen (secondary N) is 1. The van der Waals surface area contributed by atoms with E-state index in [0.717, 1.165) is 42.4 Å². The van der Waals surface area contributed by atoms with Crippen molar-refractivity contribution in [3.8, 4) is 0 Å². The summed E-state index contributed by atoms with van der Waals surface area (Å²) < 4.78 is 0. The van der Waals surface area contributed by atoms with Gasteiger partial charge in [0.1, 0.15) is 0 Å². The number of hydrogen-bond acceptors (Lipinski definition) is 2. The van der Waals surface area contributed by atoms with Gasteiger partial charge in [-0.1, -0.05) is 53.6 Å². The van der Waals surface area contributed by atoms with Crippen molar-refractivity contribution >= 4 is 17.5 Å². The van der Waals surface area contributed by atoms with Gasteiger partial charge in [-0.2, -0.15) is 0 Å². The number of carbonyl (C=O) groups is 1. The highest BCUT2D eigenvalue weighted by Gasteiger charge is 2.34. The minimum absolute atomic E-state index is 0.162. The van der Waals surface area contributed by atoms with Gasteiger partial charge in [-0.05, 0) is 87.7 Å². The average Bonchev–Trinajstić information content (AvgIpc) is 3.18. The maximum Gasteiger partial charge on any atom is 0.224 e. The van der Waals surface area contributed by atoms with Crippen molar-refractivity contribution in [2.75, 3.05) is 13.1 Å². The van der Waals surface area contributed by atoms with Gasteiger partial charge in [-0.3, -0.25) is 9.69 Å². The Balaban J connectivity index is 1.26. The molecule has 30 heavy (non-hydrogen) atoms. The summed E-state index contributed by atoms with van der Waals surface area (Å²) in [6.45, 7) is 4.37. The van der Waals surface area contributed by atoms with Crippen LogP contribution in [-0.4, -0.2) is 36.0 Å². The zero-order valence-corrected chi connectivity index (χ0v) is 18.7. The van der Waals surface area contributed by atoms with Gasteiger partial charge in [0.25, 0.3) is 0 Å². The number of carbonyl (C=O) groups excluding carboxylic acids is 1. The van der Waals surface area contributed by atoms with Crippen LogP contribution in [0.3, 0.4) is 0 Å². The van der Waals surface area contributed by atoms with Gasteiger partial charge >= 0.3 is 0 Å². The van der Waals surface area contributed by atoms with E-state index in [1.807, 2.05) is 24.3 Å². The number of hydrogen-bond donors (Lipinski definition) is 1. The molecule has 2 aromatic rings. The molecule has 4 rings (SSSR count). The number of piperidine rings is 1. The van der Waals surface area contributed by atoms with Crippen LogP contribution in [0, 0.1) is 12.8 Å². The Morgan fingerprint density at radius 3 is 2.53 bits per heavy atom. The molecule has 2 fully saturated rings. The molecule has 2 aromatic carbocycles. The number of rotatable bonds is 6. The van der Waals surface area contributed by atoms with Crippen LogP contribution in [0.4, 0.5) is 0 Å². The largest absolute Gasteiger partial charge is 0.352 e. The van der Waals surface area contributed by atoms with E-state index in [0.29, 0.717) is 18.5 Å². The highest BCUT2D eigenvalue weighted by molar-refractivity contribution is 6.30. The molecule has 160 valence electrons. The SMILES string of the molecule is Cc1cccc(CC(=O)NC2CCCC2N2CCC(Cc3ccc(Cl)cc3)CC2)c1. The van der Waals surface area contributed by atoms with Crippen LogP contribution in [0.25, 0.3) is 0 Å². The predicted molar refractivity (Wildman–Crippen MR) is 124 cm³/mol. The zero-order valence-electron chi connectivity index (χ0n) is 17.9. The van der Waals surface area contributed by atoms with Crippen molar-refractivity contribution in [2.24, 2.45) is 5.92 Å². The van der Waals surface area contributed by atoms with Crippen LogP contribution < -0.4 is 5.32 Å².